The van der Waals surface area contributed by atoms with E-state index in [0.717, 1.165) is 24.1 Å². The van der Waals surface area contributed by atoms with Crippen LogP contribution in [0.2, 0.25) is 0 Å². The molecule has 4 nitrogen and oxygen atoms in total. The van der Waals surface area contributed by atoms with Gasteiger partial charge in [0, 0.05) is 17.0 Å². The zero-order chi connectivity index (χ0) is 13.4. The van der Waals surface area contributed by atoms with Gasteiger partial charge in [0.25, 0.3) is 10.0 Å². The summed E-state index contributed by atoms with van der Waals surface area (Å²) in [5.74, 6) is 0.378. The van der Waals surface area contributed by atoms with Gasteiger partial charge in [-0.3, -0.25) is 0 Å². The van der Waals surface area contributed by atoms with E-state index in [9.17, 15) is 8.42 Å². The maximum atomic E-state index is 12.3. The summed E-state index contributed by atoms with van der Waals surface area (Å²) in [7, 11) is -3.44. The fourth-order valence-corrected chi connectivity index (χ4v) is 4.83. The minimum atomic E-state index is -3.44. The Kier molecular flexibility index (Phi) is 3.82. The number of nitrogens with one attached hydrogen (secondary N) is 1. The molecule has 1 saturated carbocycles. The molecule has 0 radical (unpaired) electrons. The van der Waals surface area contributed by atoms with Gasteiger partial charge in [0.1, 0.15) is 4.21 Å². The van der Waals surface area contributed by atoms with Gasteiger partial charge in [-0.1, -0.05) is 6.92 Å². The molecule has 0 aliphatic heterocycles. The molecule has 1 aromatic heterocycles. The van der Waals surface area contributed by atoms with Crippen molar-refractivity contribution < 1.29 is 8.42 Å². The Balaban J connectivity index is 2.20. The third-order valence-corrected chi connectivity index (χ3v) is 6.85. The lowest BCUT2D eigenvalue weighted by molar-refractivity contribution is 0.374. The molecule has 2 rings (SSSR count). The van der Waals surface area contributed by atoms with E-state index in [2.05, 4.69) is 4.72 Å². The molecule has 1 unspecified atom stereocenters. The van der Waals surface area contributed by atoms with Gasteiger partial charge in [-0.15, -0.1) is 11.3 Å². The van der Waals surface area contributed by atoms with Gasteiger partial charge in [-0.2, -0.15) is 0 Å². The molecular weight excluding hydrogens is 268 g/mol. The van der Waals surface area contributed by atoms with E-state index in [-0.39, 0.29) is 0 Å². The summed E-state index contributed by atoms with van der Waals surface area (Å²) in [6, 6.07) is 3.55. The molecule has 1 atom stereocenters. The fraction of sp³-hybridized carbons (Fsp3) is 0.667. The van der Waals surface area contributed by atoms with Crippen molar-refractivity contribution >= 4 is 21.4 Å². The molecule has 0 saturated heterocycles. The third kappa shape index (κ3) is 2.77. The van der Waals surface area contributed by atoms with Crippen LogP contribution in [-0.2, 0) is 16.4 Å². The van der Waals surface area contributed by atoms with E-state index in [0.29, 0.717) is 16.7 Å². The molecular formula is C12H20N2O2S2. The highest BCUT2D eigenvalue weighted by Crippen LogP contribution is 2.40. The Morgan fingerprint density at radius 3 is 2.61 bits per heavy atom. The van der Waals surface area contributed by atoms with Crippen molar-refractivity contribution in [1.29, 1.82) is 0 Å². The van der Waals surface area contributed by atoms with Gasteiger partial charge in [0.2, 0.25) is 0 Å². The predicted octanol–water partition coefficient (Wildman–Crippen LogP) is 1.72. The second-order valence-electron chi connectivity index (χ2n) is 5.08. The van der Waals surface area contributed by atoms with E-state index >= 15 is 0 Å². The lowest BCUT2D eigenvalue weighted by Gasteiger charge is -2.28. The molecule has 0 spiro atoms. The molecule has 1 heterocycles. The number of sulfonamides is 1. The van der Waals surface area contributed by atoms with Crippen molar-refractivity contribution in [2.45, 2.75) is 42.9 Å². The van der Waals surface area contributed by atoms with Crippen LogP contribution < -0.4 is 10.5 Å². The third-order valence-electron chi connectivity index (χ3n) is 3.52. The number of hydrogen-bond donors (Lipinski definition) is 2. The average Bonchev–Trinajstić information content (AvgIpc) is 3.06. The summed E-state index contributed by atoms with van der Waals surface area (Å²) in [5.41, 5.74) is 5.24. The van der Waals surface area contributed by atoms with E-state index < -0.39 is 15.6 Å². The lowest BCUT2D eigenvalue weighted by Crippen LogP contribution is -2.52. The van der Waals surface area contributed by atoms with Crippen molar-refractivity contribution in [3.8, 4) is 0 Å². The minimum absolute atomic E-state index is 0.336. The Morgan fingerprint density at radius 1 is 1.50 bits per heavy atom. The Hall–Kier alpha value is -0.430. The van der Waals surface area contributed by atoms with Gasteiger partial charge < -0.3 is 5.73 Å². The molecule has 6 heteroatoms. The minimum Gasteiger partial charge on any atom is -0.329 e. The summed E-state index contributed by atoms with van der Waals surface area (Å²) >= 11 is 1.33. The molecule has 3 N–H and O–H groups in total. The fourth-order valence-electron chi connectivity index (χ4n) is 2.06. The van der Waals surface area contributed by atoms with Gasteiger partial charge in [-0.05, 0) is 44.2 Å². The number of nitrogens with two attached hydrogens (primary N) is 1. The van der Waals surface area contributed by atoms with Crippen molar-refractivity contribution in [1.82, 2.24) is 4.72 Å². The summed E-state index contributed by atoms with van der Waals surface area (Å²) in [4.78, 5) is 1.08. The molecule has 1 aliphatic rings. The van der Waals surface area contributed by atoms with E-state index in [1.54, 1.807) is 6.07 Å². The largest absolute Gasteiger partial charge is 0.329 e. The molecule has 0 aromatic carbocycles. The summed E-state index contributed by atoms with van der Waals surface area (Å²) < 4.78 is 27.8. The van der Waals surface area contributed by atoms with Crippen LogP contribution in [-0.4, -0.2) is 20.5 Å². The highest BCUT2D eigenvalue weighted by atomic mass is 32.2. The maximum absolute atomic E-state index is 12.3. The van der Waals surface area contributed by atoms with Crippen molar-refractivity contribution in [2.75, 3.05) is 6.54 Å². The number of rotatable bonds is 6. The van der Waals surface area contributed by atoms with Crippen LogP contribution in [0.1, 0.15) is 31.6 Å². The Bertz CT molecular complexity index is 520. The van der Waals surface area contributed by atoms with E-state index in [1.165, 1.54) is 11.3 Å². The highest BCUT2D eigenvalue weighted by molar-refractivity contribution is 7.91. The second kappa shape index (κ2) is 4.92. The molecule has 0 bridgehead atoms. The first kappa shape index (κ1) is 14.0. The predicted molar refractivity (Wildman–Crippen MR) is 74.2 cm³/mol. The van der Waals surface area contributed by atoms with Crippen molar-refractivity contribution in [3.05, 3.63) is 17.0 Å². The zero-order valence-electron chi connectivity index (χ0n) is 10.8. The number of hydrogen-bond acceptors (Lipinski definition) is 4. The molecule has 1 aromatic rings. The van der Waals surface area contributed by atoms with Crippen LogP contribution in [0, 0.1) is 5.92 Å². The molecule has 102 valence electrons. The van der Waals surface area contributed by atoms with Gasteiger partial charge in [0.15, 0.2) is 0 Å². The normalized spacial score (nSPS) is 19.7. The molecule has 1 fully saturated rings. The van der Waals surface area contributed by atoms with Gasteiger partial charge in [-0.25, -0.2) is 13.1 Å². The topological polar surface area (TPSA) is 72.2 Å². The van der Waals surface area contributed by atoms with Crippen LogP contribution in [0.4, 0.5) is 0 Å². The molecule has 18 heavy (non-hydrogen) atoms. The summed E-state index contributed by atoms with van der Waals surface area (Å²) in [6.45, 7) is 4.25. The monoisotopic (exact) mass is 288 g/mol. The van der Waals surface area contributed by atoms with Crippen LogP contribution in [0.5, 0.6) is 0 Å². The smallest absolute Gasteiger partial charge is 0.250 e. The Morgan fingerprint density at radius 2 is 2.17 bits per heavy atom. The van der Waals surface area contributed by atoms with Crippen LogP contribution in [0.3, 0.4) is 0 Å². The summed E-state index contributed by atoms with van der Waals surface area (Å²) in [6.07, 6.45) is 2.97. The number of aryl methyl sites for hydroxylation is 1. The average molecular weight is 288 g/mol. The SMILES string of the molecule is CCc1ccc(S(=O)(=O)NC(C)(CN)C2CC2)s1. The molecule has 0 amide bonds. The van der Waals surface area contributed by atoms with Crippen LogP contribution in [0.25, 0.3) is 0 Å². The summed E-state index contributed by atoms with van der Waals surface area (Å²) in [5, 5.41) is 0. The Labute approximate surface area is 113 Å². The van der Waals surface area contributed by atoms with Gasteiger partial charge in [0.05, 0.1) is 0 Å². The van der Waals surface area contributed by atoms with E-state index in [4.69, 9.17) is 5.73 Å². The molecule has 1 aliphatic carbocycles. The quantitative estimate of drug-likeness (QED) is 0.837. The first-order valence-electron chi connectivity index (χ1n) is 6.24. The number of thiophene rings is 1. The van der Waals surface area contributed by atoms with Crippen molar-refractivity contribution in [3.63, 3.8) is 0 Å². The standard InChI is InChI=1S/C12H20N2O2S2/c1-3-10-6-7-11(17-10)18(15,16)14-12(2,8-13)9-4-5-9/h6-7,9,14H,3-5,8,13H2,1-2H3. The maximum Gasteiger partial charge on any atom is 0.250 e. The second-order valence-corrected chi connectivity index (χ2v) is 8.15. The lowest BCUT2D eigenvalue weighted by atomic mass is 9.98. The van der Waals surface area contributed by atoms with Gasteiger partial charge >= 0.3 is 0 Å². The van der Waals surface area contributed by atoms with Crippen LogP contribution >= 0.6 is 11.3 Å². The highest BCUT2D eigenvalue weighted by Gasteiger charge is 2.43. The van der Waals surface area contributed by atoms with Crippen LogP contribution in [0.15, 0.2) is 16.3 Å². The first-order chi connectivity index (χ1) is 8.41. The first-order valence-corrected chi connectivity index (χ1v) is 8.54. The van der Waals surface area contributed by atoms with Crippen molar-refractivity contribution in [2.24, 2.45) is 11.7 Å². The van der Waals surface area contributed by atoms with E-state index in [1.807, 2.05) is 19.9 Å². The zero-order valence-corrected chi connectivity index (χ0v) is 12.4.